The molecule has 0 amide bonds. The van der Waals surface area contributed by atoms with E-state index in [-0.39, 0.29) is 5.69 Å². The topological polar surface area (TPSA) is 50.9 Å². The average Bonchev–Trinajstić information content (AvgIpc) is 2.00. The highest BCUT2D eigenvalue weighted by atomic mass is 19.4. The first-order valence-electron chi connectivity index (χ1n) is 3.48. The molecule has 6 heteroatoms. The summed E-state index contributed by atoms with van der Waals surface area (Å²) < 4.78 is 35.2. The van der Waals surface area contributed by atoms with Crippen LogP contribution in [0.1, 0.15) is 0 Å². The van der Waals surface area contributed by atoms with E-state index in [0.29, 0.717) is 5.69 Å². The summed E-state index contributed by atoms with van der Waals surface area (Å²) in [7, 11) is 0. The SMILES string of the molecule is Nc1cncc(NCC(F)(F)F)c1. The maximum atomic E-state index is 11.7. The molecule has 1 aromatic rings. The van der Waals surface area contributed by atoms with Crippen LogP contribution in [-0.4, -0.2) is 17.7 Å². The summed E-state index contributed by atoms with van der Waals surface area (Å²) >= 11 is 0. The molecule has 0 aliphatic heterocycles. The van der Waals surface area contributed by atoms with E-state index < -0.39 is 12.7 Å². The standard InChI is InChI=1S/C7H8F3N3/c8-7(9,10)4-13-6-1-5(11)2-12-3-6/h1-3,13H,4,11H2. The number of halogens is 3. The summed E-state index contributed by atoms with van der Waals surface area (Å²) in [5.41, 5.74) is 5.90. The summed E-state index contributed by atoms with van der Waals surface area (Å²) in [6.45, 7) is -1.09. The molecule has 0 atom stereocenters. The number of nitrogen functional groups attached to an aromatic ring is 1. The Hall–Kier alpha value is -1.46. The number of rotatable bonds is 2. The van der Waals surface area contributed by atoms with E-state index in [0.717, 1.165) is 0 Å². The van der Waals surface area contributed by atoms with Crippen LogP contribution in [0.4, 0.5) is 24.5 Å². The average molecular weight is 191 g/mol. The Morgan fingerprint density at radius 2 is 2.08 bits per heavy atom. The Bertz CT molecular complexity index is 285. The van der Waals surface area contributed by atoms with Crippen LogP contribution in [0.25, 0.3) is 0 Å². The minimum atomic E-state index is -4.23. The first kappa shape index (κ1) is 9.63. The highest BCUT2D eigenvalue weighted by Crippen LogP contribution is 2.16. The second-order valence-corrected chi connectivity index (χ2v) is 2.48. The van der Waals surface area contributed by atoms with Gasteiger partial charge in [-0.15, -0.1) is 0 Å². The van der Waals surface area contributed by atoms with E-state index in [1.54, 1.807) is 0 Å². The number of aromatic nitrogens is 1. The number of alkyl halides is 3. The van der Waals surface area contributed by atoms with Gasteiger partial charge in [0.25, 0.3) is 0 Å². The van der Waals surface area contributed by atoms with Gasteiger partial charge >= 0.3 is 6.18 Å². The Labute approximate surface area is 72.8 Å². The molecule has 0 unspecified atom stereocenters. The molecule has 13 heavy (non-hydrogen) atoms. The molecule has 0 fully saturated rings. The van der Waals surface area contributed by atoms with Gasteiger partial charge in [-0.1, -0.05) is 0 Å². The molecule has 0 saturated carbocycles. The molecule has 0 aliphatic rings. The Balaban J connectivity index is 2.55. The zero-order chi connectivity index (χ0) is 9.90. The van der Waals surface area contributed by atoms with E-state index in [1.165, 1.54) is 18.5 Å². The van der Waals surface area contributed by atoms with Gasteiger partial charge in [0.15, 0.2) is 0 Å². The molecule has 0 spiro atoms. The molecule has 1 aromatic heterocycles. The van der Waals surface area contributed by atoms with Crippen LogP contribution in [0.5, 0.6) is 0 Å². The Morgan fingerprint density at radius 3 is 2.62 bits per heavy atom. The van der Waals surface area contributed by atoms with Gasteiger partial charge in [-0.2, -0.15) is 13.2 Å². The van der Waals surface area contributed by atoms with Crippen molar-refractivity contribution in [2.24, 2.45) is 0 Å². The minimum absolute atomic E-state index is 0.261. The summed E-state index contributed by atoms with van der Waals surface area (Å²) in [5.74, 6) is 0. The number of hydrogen-bond donors (Lipinski definition) is 2. The van der Waals surface area contributed by atoms with Crippen LogP contribution in [0.2, 0.25) is 0 Å². The molecule has 3 nitrogen and oxygen atoms in total. The predicted octanol–water partition coefficient (Wildman–Crippen LogP) is 1.64. The lowest BCUT2D eigenvalue weighted by atomic mass is 10.4. The van der Waals surface area contributed by atoms with Crippen molar-refractivity contribution in [1.82, 2.24) is 4.98 Å². The van der Waals surface area contributed by atoms with E-state index in [2.05, 4.69) is 10.3 Å². The third-order valence-electron chi connectivity index (χ3n) is 1.25. The van der Waals surface area contributed by atoms with Crippen LogP contribution in [-0.2, 0) is 0 Å². The van der Waals surface area contributed by atoms with E-state index >= 15 is 0 Å². The van der Waals surface area contributed by atoms with Crippen LogP contribution in [0.15, 0.2) is 18.5 Å². The Kier molecular flexibility index (Phi) is 2.60. The zero-order valence-corrected chi connectivity index (χ0v) is 6.60. The van der Waals surface area contributed by atoms with E-state index in [1.807, 2.05) is 0 Å². The van der Waals surface area contributed by atoms with Crippen LogP contribution in [0, 0.1) is 0 Å². The molecule has 1 rings (SSSR count). The van der Waals surface area contributed by atoms with Crippen LogP contribution in [0.3, 0.4) is 0 Å². The number of pyridine rings is 1. The van der Waals surface area contributed by atoms with Gasteiger partial charge in [-0.3, -0.25) is 4.98 Å². The minimum Gasteiger partial charge on any atom is -0.397 e. The second kappa shape index (κ2) is 3.51. The van der Waals surface area contributed by atoms with Crippen molar-refractivity contribution in [3.05, 3.63) is 18.5 Å². The lowest BCUT2D eigenvalue weighted by Gasteiger charge is -2.08. The zero-order valence-electron chi connectivity index (χ0n) is 6.60. The lowest BCUT2D eigenvalue weighted by molar-refractivity contribution is -0.115. The predicted molar refractivity (Wildman–Crippen MR) is 43.2 cm³/mol. The molecule has 3 N–H and O–H groups in total. The fourth-order valence-electron chi connectivity index (χ4n) is 0.757. The van der Waals surface area contributed by atoms with Crippen LogP contribution < -0.4 is 11.1 Å². The molecule has 1 heterocycles. The monoisotopic (exact) mass is 191 g/mol. The number of anilines is 2. The largest absolute Gasteiger partial charge is 0.405 e. The van der Waals surface area contributed by atoms with Crippen molar-refractivity contribution < 1.29 is 13.2 Å². The van der Waals surface area contributed by atoms with E-state index in [4.69, 9.17) is 5.73 Å². The van der Waals surface area contributed by atoms with Crippen molar-refractivity contribution >= 4 is 11.4 Å². The molecular formula is C7H8F3N3. The first-order valence-corrected chi connectivity index (χ1v) is 3.48. The summed E-state index contributed by atoms with van der Waals surface area (Å²) in [6, 6.07) is 1.39. The number of nitrogens with zero attached hydrogens (tertiary/aromatic N) is 1. The van der Waals surface area contributed by atoms with Gasteiger partial charge in [0.2, 0.25) is 0 Å². The summed E-state index contributed by atoms with van der Waals surface area (Å²) in [5, 5.41) is 2.16. The number of hydrogen-bond acceptors (Lipinski definition) is 3. The normalized spacial score (nSPS) is 11.3. The first-order chi connectivity index (χ1) is 5.97. The maximum absolute atomic E-state index is 11.7. The summed E-state index contributed by atoms with van der Waals surface area (Å²) in [4.78, 5) is 3.63. The van der Waals surface area contributed by atoms with Gasteiger partial charge in [0, 0.05) is 6.20 Å². The fourth-order valence-corrected chi connectivity index (χ4v) is 0.757. The maximum Gasteiger partial charge on any atom is 0.405 e. The number of nitrogens with two attached hydrogens (primary N) is 1. The quantitative estimate of drug-likeness (QED) is 0.747. The van der Waals surface area contributed by atoms with Gasteiger partial charge in [-0.05, 0) is 6.07 Å². The highest BCUT2D eigenvalue weighted by molar-refractivity contribution is 5.51. The van der Waals surface area contributed by atoms with Gasteiger partial charge in [-0.25, -0.2) is 0 Å². The molecule has 0 aromatic carbocycles. The van der Waals surface area contributed by atoms with Crippen LogP contribution >= 0.6 is 0 Å². The summed E-state index contributed by atoms with van der Waals surface area (Å²) in [6.07, 6.45) is -1.59. The molecule has 0 saturated heterocycles. The lowest BCUT2D eigenvalue weighted by Crippen LogP contribution is -2.21. The Morgan fingerprint density at radius 1 is 1.38 bits per heavy atom. The third kappa shape index (κ3) is 3.64. The van der Waals surface area contributed by atoms with Crippen molar-refractivity contribution in [2.75, 3.05) is 17.6 Å². The molecular weight excluding hydrogens is 183 g/mol. The van der Waals surface area contributed by atoms with Crippen molar-refractivity contribution in [3.63, 3.8) is 0 Å². The van der Waals surface area contributed by atoms with Gasteiger partial charge in [0.05, 0.1) is 17.6 Å². The van der Waals surface area contributed by atoms with Crippen molar-refractivity contribution in [2.45, 2.75) is 6.18 Å². The van der Waals surface area contributed by atoms with Crippen molar-refractivity contribution in [3.8, 4) is 0 Å². The highest BCUT2D eigenvalue weighted by Gasteiger charge is 2.26. The molecule has 0 bridgehead atoms. The molecule has 0 aliphatic carbocycles. The molecule has 0 radical (unpaired) electrons. The molecule has 72 valence electrons. The third-order valence-corrected chi connectivity index (χ3v) is 1.25. The van der Waals surface area contributed by atoms with Gasteiger partial charge < -0.3 is 11.1 Å². The van der Waals surface area contributed by atoms with Gasteiger partial charge in [0.1, 0.15) is 6.54 Å². The second-order valence-electron chi connectivity index (χ2n) is 2.48. The fraction of sp³-hybridized carbons (Fsp3) is 0.286. The van der Waals surface area contributed by atoms with Crippen molar-refractivity contribution in [1.29, 1.82) is 0 Å². The number of nitrogens with one attached hydrogen (secondary N) is 1. The smallest absolute Gasteiger partial charge is 0.397 e. The van der Waals surface area contributed by atoms with E-state index in [9.17, 15) is 13.2 Å².